The number of aryl methyl sites for hydroxylation is 1. The molecular formula is C23H26ClN3O. The summed E-state index contributed by atoms with van der Waals surface area (Å²) in [6.45, 7) is 5.32. The second-order valence-corrected chi connectivity index (χ2v) is 7.24. The Balaban J connectivity index is 1.79. The molecule has 0 unspecified atom stereocenters. The molecule has 3 rings (SSSR count). The molecule has 0 aliphatic rings. The lowest BCUT2D eigenvalue weighted by Gasteiger charge is -2.23. The van der Waals surface area contributed by atoms with Gasteiger partial charge in [-0.25, -0.2) is 9.78 Å². The molecule has 3 aromatic rings. The number of rotatable bonds is 7. The minimum Gasteiger partial charge on any atom is -0.320 e. The van der Waals surface area contributed by atoms with Crippen LogP contribution in [0.3, 0.4) is 0 Å². The van der Waals surface area contributed by atoms with Gasteiger partial charge >= 0.3 is 6.03 Å². The Morgan fingerprint density at radius 1 is 1.11 bits per heavy atom. The summed E-state index contributed by atoms with van der Waals surface area (Å²) in [7, 11) is 0. The number of hydrogen-bond donors (Lipinski definition) is 1. The summed E-state index contributed by atoms with van der Waals surface area (Å²) in [5.74, 6) is 0. The second kappa shape index (κ2) is 9.56. The highest BCUT2D eigenvalue weighted by Gasteiger charge is 2.16. The van der Waals surface area contributed by atoms with E-state index < -0.39 is 0 Å². The zero-order chi connectivity index (χ0) is 19.9. The molecule has 1 N–H and O–H groups in total. The molecule has 2 amide bonds. The van der Waals surface area contributed by atoms with Crippen molar-refractivity contribution in [3.05, 3.63) is 70.9 Å². The number of hydrogen-bond acceptors (Lipinski definition) is 2. The molecular weight excluding hydrogens is 370 g/mol. The van der Waals surface area contributed by atoms with Crippen LogP contribution >= 0.6 is 11.6 Å². The monoisotopic (exact) mass is 395 g/mol. The summed E-state index contributed by atoms with van der Waals surface area (Å²) in [5, 5.41) is 4.47. The van der Waals surface area contributed by atoms with Crippen molar-refractivity contribution in [3.63, 3.8) is 0 Å². The average Bonchev–Trinajstić information content (AvgIpc) is 2.71. The van der Waals surface area contributed by atoms with Crippen LogP contribution in [0.1, 0.15) is 37.8 Å². The van der Waals surface area contributed by atoms with Gasteiger partial charge in [0.25, 0.3) is 0 Å². The van der Waals surface area contributed by atoms with Crippen LogP contribution in [0.25, 0.3) is 10.9 Å². The lowest BCUT2D eigenvalue weighted by Crippen LogP contribution is -2.35. The Hall–Kier alpha value is -2.59. The van der Waals surface area contributed by atoms with Gasteiger partial charge in [-0.3, -0.25) is 0 Å². The van der Waals surface area contributed by atoms with Gasteiger partial charge < -0.3 is 10.2 Å². The Labute approximate surface area is 171 Å². The van der Waals surface area contributed by atoms with Gasteiger partial charge in [0.1, 0.15) is 5.15 Å². The number of pyridine rings is 1. The van der Waals surface area contributed by atoms with E-state index in [1.54, 1.807) is 4.90 Å². The third kappa shape index (κ3) is 5.02. The highest BCUT2D eigenvalue weighted by atomic mass is 35.5. The third-order valence-electron chi connectivity index (χ3n) is 4.79. The highest BCUT2D eigenvalue weighted by Crippen LogP contribution is 2.22. The molecule has 0 saturated heterocycles. The Bertz CT molecular complexity index is 940. The zero-order valence-corrected chi connectivity index (χ0v) is 17.2. The maximum absolute atomic E-state index is 12.9. The largest absolute Gasteiger partial charge is 0.322 e. The summed E-state index contributed by atoms with van der Waals surface area (Å²) in [5.41, 5.74) is 3.76. The molecule has 0 aliphatic carbocycles. The lowest BCUT2D eigenvalue weighted by molar-refractivity contribution is 0.208. The molecule has 1 heterocycles. The maximum Gasteiger partial charge on any atom is 0.322 e. The first kappa shape index (κ1) is 20.2. The number of para-hydroxylation sites is 1. The highest BCUT2D eigenvalue weighted by molar-refractivity contribution is 6.30. The van der Waals surface area contributed by atoms with Crippen LogP contribution in [0.4, 0.5) is 10.5 Å². The molecule has 0 radical (unpaired) electrons. The predicted octanol–water partition coefficient (Wildman–Crippen LogP) is 6.28. The van der Waals surface area contributed by atoms with Crippen LogP contribution in [0.5, 0.6) is 0 Å². The number of urea groups is 1. The van der Waals surface area contributed by atoms with Crippen molar-refractivity contribution in [2.45, 2.75) is 39.7 Å². The fourth-order valence-corrected chi connectivity index (χ4v) is 3.29. The van der Waals surface area contributed by atoms with Crippen LogP contribution in [-0.4, -0.2) is 22.5 Å². The fourth-order valence-electron chi connectivity index (χ4n) is 3.08. The number of halogens is 1. The van der Waals surface area contributed by atoms with Crippen LogP contribution in [0, 0.1) is 0 Å². The summed E-state index contributed by atoms with van der Waals surface area (Å²) < 4.78 is 0. The predicted molar refractivity (Wildman–Crippen MR) is 117 cm³/mol. The summed E-state index contributed by atoms with van der Waals surface area (Å²) >= 11 is 6.41. The molecule has 0 saturated carbocycles. The van der Waals surface area contributed by atoms with E-state index in [4.69, 9.17) is 11.6 Å². The van der Waals surface area contributed by atoms with Crippen LogP contribution < -0.4 is 5.32 Å². The number of carbonyl (C=O) groups excluding carboxylic acids is 1. The first-order valence-electron chi connectivity index (χ1n) is 9.79. The Morgan fingerprint density at radius 2 is 1.86 bits per heavy atom. The van der Waals surface area contributed by atoms with Crippen LogP contribution in [-0.2, 0) is 13.0 Å². The lowest BCUT2D eigenvalue weighted by atomic mass is 10.1. The van der Waals surface area contributed by atoms with Crippen molar-refractivity contribution in [2.24, 2.45) is 0 Å². The van der Waals surface area contributed by atoms with Crippen molar-refractivity contribution in [3.8, 4) is 0 Å². The van der Waals surface area contributed by atoms with E-state index in [9.17, 15) is 4.79 Å². The van der Waals surface area contributed by atoms with Crippen LogP contribution in [0.2, 0.25) is 5.15 Å². The Kier molecular flexibility index (Phi) is 6.88. The Morgan fingerprint density at radius 3 is 2.57 bits per heavy atom. The third-order valence-corrected chi connectivity index (χ3v) is 5.12. The normalized spacial score (nSPS) is 10.8. The molecule has 5 heteroatoms. The number of amides is 2. The van der Waals surface area contributed by atoms with Gasteiger partial charge in [0.05, 0.1) is 12.1 Å². The molecule has 146 valence electrons. The minimum absolute atomic E-state index is 0.123. The molecule has 0 aliphatic heterocycles. The van der Waals surface area contributed by atoms with Crippen LogP contribution in [0.15, 0.2) is 54.6 Å². The average molecular weight is 396 g/mol. The topological polar surface area (TPSA) is 45.2 Å². The van der Waals surface area contributed by atoms with E-state index >= 15 is 0 Å². The number of nitrogens with zero attached hydrogens (tertiary/aromatic N) is 2. The van der Waals surface area contributed by atoms with E-state index in [2.05, 4.69) is 24.1 Å². The number of aromatic nitrogens is 1. The fraction of sp³-hybridized carbons (Fsp3) is 0.304. The molecule has 0 bridgehead atoms. The van der Waals surface area contributed by atoms with Gasteiger partial charge in [-0.05, 0) is 42.7 Å². The molecule has 28 heavy (non-hydrogen) atoms. The number of benzene rings is 2. The first-order valence-corrected chi connectivity index (χ1v) is 10.2. The molecule has 0 fully saturated rings. The van der Waals surface area contributed by atoms with Gasteiger partial charge in [0.15, 0.2) is 0 Å². The van der Waals surface area contributed by atoms with E-state index in [-0.39, 0.29) is 6.03 Å². The standard InChI is InChI=1S/C23H26ClN3O/c1-3-5-14-27(23(28)25-20-12-10-17(4-2)11-13-20)16-19-15-18-8-6-7-9-21(18)26-22(19)24/h6-13,15H,3-5,14,16H2,1-2H3,(H,25,28). The molecule has 1 aromatic heterocycles. The first-order chi connectivity index (χ1) is 13.6. The van der Waals surface area contributed by atoms with E-state index in [1.807, 2.05) is 54.6 Å². The zero-order valence-electron chi connectivity index (χ0n) is 16.4. The number of nitrogens with one attached hydrogen (secondary N) is 1. The SMILES string of the molecule is CCCCN(Cc1cc2ccccc2nc1Cl)C(=O)Nc1ccc(CC)cc1. The number of anilines is 1. The number of fused-ring (bicyclic) bond motifs is 1. The number of unbranched alkanes of at least 4 members (excludes halogenated alkanes) is 1. The maximum atomic E-state index is 12.9. The minimum atomic E-state index is -0.123. The van der Waals surface area contributed by atoms with Crippen molar-refractivity contribution in [1.29, 1.82) is 0 Å². The van der Waals surface area contributed by atoms with Crippen molar-refractivity contribution in [2.75, 3.05) is 11.9 Å². The van der Waals surface area contributed by atoms with Crippen molar-refractivity contribution < 1.29 is 4.79 Å². The smallest absolute Gasteiger partial charge is 0.320 e. The van der Waals surface area contributed by atoms with Crippen molar-refractivity contribution in [1.82, 2.24) is 9.88 Å². The number of carbonyl (C=O) groups is 1. The summed E-state index contributed by atoms with van der Waals surface area (Å²) in [6.07, 6.45) is 2.92. The van der Waals surface area contributed by atoms with Gasteiger partial charge in [0.2, 0.25) is 0 Å². The van der Waals surface area contributed by atoms with E-state index in [0.29, 0.717) is 18.2 Å². The second-order valence-electron chi connectivity index (χ2n) is 6.89. The molecule has 0 atom stereocenters. The summed E-state index contributed by atoms with van der Waals surface area (Å²) in [4.78, 5) is 19.2. The van der Waals surface area contributed by atoms with E-state index in [1.165, 1.54) is 5.56 Å². The van der Waals surface area contributed by atoms with Gasteiger partial charge in [-0.1, -0.05) is 62.2 Å². The molecule has 0 spiro atoms. The van der Waals surface area contributed by atoms with E-state index in [0.717, 1.165) is 41.4 Å². The van der Waals surface area contributed by atoms with Gasteiger partial charge in [-0.15, -0.1) is 0 Å². The quantitative estimate of drug-likeness (QED) is 0.478. The summed E-state index contributed by atoms with van der Waals surface area (Å²) in [6, 6.07) is 17.7. The van der Waals surface area contributed by atoms with Gasteiger partial charge in [-0.2, -0.15) is 0 Å². The molecule has 2 aromatic carbocycles. The molecule has 4 nitrogen and oxygen atoms in total. The van der Waals surface area contributed by atoms with Gasteiger partial charge in [0, 0.05) is 23.2 Å². The van der Waals surface area contributed by atoms with Crippen molar-refractivity contribution >= 4 is 34.2 Å².